The Hall–Kier alpha value is -2.15. The molecule has 1 amide bonds. The molecule has 6 nitrogen and oxygen atoms in total. The van der Waals surface area contributed by atoms with Crippen molar-refractivity contribution in [3.8, 4) is 0 Å². The van der Waals surface area contributed by atoms with Gasteiger partial charge in [0, 0.05) is 30.8 Å². The van der Waals surface area contributed by atoms with Crippen molar-refractivity contribution in [3.63, 3.8) is 0 Å². The summed E-state index contributed by atoms with van der Waals surface area (Å²) in [7, 11) is 1.73. The van der Waals surface area contributed by atoms with Crippen molar-refractivity contribution in [3.05, 3.63) is 52.3 Å². The van der Waals surface area contributed by atoms with Gasteiger partial charge in [-0.1, -0.05) is 28.1 Å². The maximum atomic E-state index is 12.5. The Morgan fingerprint density at radius 3 is 2.77 bits per heavy atom. The van der Waals surface area contributed by atoms with Crippen LogP contribution in [0.3, 0.4) is 0 Å². The second-order valence-corrected chi connectivity index (χ2v) is 5.82. The number of hydrogen-bond donors (Lipinski definition) is 1. The number of hydrogen-bond acceptors (Lipinski definition) is 3. The lowest BCUT2D eigenvalue weighted by Gasteiger charge is -2.21. The Labute approximate surface area is 136 Å². The molecule has 2 aromatic rings. The second-order valence-electron chi connectivity index (χ2n) is 4.90. The molecule has 0 aliphatic rings. The summed E-state index contributed by atoms with van der Waals surface area (Å²) in [6, 6.07) is 7.58. The molecule has 0 unspecified atom stereocenters. The fourth-order valence-corrected chi connectivity index (χ4v) is 2.50. The molecule has 0 aliphatic carbocycles. The summed E-state index contributed by atoms with van der Waals surface area (Å²) < 4.78 is 2.46. The van der Waals surface area contributed by atoms with Crippen LogP contribution in [0.1, 0.15) is 22.3 Å². The van der Waals surface area contributed by atoms with Gasteiger partial charge in [-0.15, -0.1) is 0 Å². The van der Waals surface area contributed by atoms with Crippen LogP contribution in [-0.4, -0.2) is 38.2 Å². The highest BCUT2D eigenvalue weighted by Gasteiger charge is 2.18. The molecule has 116 valence electrons. The highest BCUT2D eigenvalue weighted by atomic mass is 79.9. The molecule has 1 aromatic carbocycles. The minimum Gasteiger partial charge on any atom is -0.481 e. The van der Waals surface area contributed by atoms with Crippen LogP contribution < -0.4 is 0 Å². The van der Waals surface area contributed by atoms with Crippen LogP contribution in [0.2, 0.25) is 0 Å². The van der Waals surface area contributed by atoms with Crippen molar-refractivity contribution < 1.29 is 14.7 Å². The highest BCUT2D eigenvalue weighted by Crippen LogP contribution is 2.15. The molecule has 0 saturated carbocycles. The number of rotatable bonds is 6. The third-order valence-electron chi connectivity index (χ3n) is 3.10. The van der Waals surface area contributed by atoms with Crippen LogP contribution in [0.4, 0.5) is 0 Å². The number of halogens is 1. The van der Waals surface area contributed by atoms with E-state index in [0.717, 1.165) is 10.0 Å². The van der Waals surface area contributed by atoms with E-state index >= 15 is 0 Å². The predicted octanol–water partition coefficient (Wildman–Crippen LogP) is 2.30. The van der Waals surface area contributed by atoms with E-state index in [-0.39, 0.29) is 18.9 Å². The van der Waals surface area contributed by atoms with Gasteiger partial charge in [0.1, 0.15) is 0 Å². The Morgan fingerprint density at radius 1 is 1.41 bits per heavy atom. The lowest BCUT2D eigenvalue weighted by Crippen LogP contribution is -2.32. The first-order chi connectivity index (χ1) is 10.5. The molecule has 0 spiro atoms. The lowest BCUT2D eigenvalue weighted by atomic mass is 10.2. The molecule has 2 rings (SSSR count). The van der Waals surface area contributed by atoms with E-state index < -0.39 is 5.97 Å². The summed E-state index contributed by atoms with van der Waals surface area (Å²) >= 11 is 3.39. The van der Waals surface area contributed by atoms with Crippen LogP contribution in [0.25, 0.3) is 0 Å². The average molecular weight is 366 g/mol. The van der Waals surface area contributed by atoms with E-state index in [0.29, 0.717) is 12.1 Å². The standard InChI is InChI=1S/C15H16BrN3O3/c1-18-10-12(8-17-18)15(22)19(6-5-14(20)21)9-11-3-2-4-13(16)7-11/h2-4,7-8,10H,5-6,9H2,1H3,(H,20,21). The number of amides is 1. The summed E-state index contributed by atoms with van der Waals surface area (Å²) in [6.07, 6.45) is 3.01. The molecule has 0 radical (unpaired) electrons. The first-order valence-corrected chi connectivity index (χ1v) is 7.49. The monoisotopic (exact) mass is 365 g/mol. The minimum absolute atomic E-state index is 0.0972. The van der Waals surface area contributed by atoms with Gasteiger partial charge in [0.2, 0.25) is 0 Å². The number of benzene rings is 1. The van der Waals surface area contributed by atoms with Crippen LogP contribution in [-0.2, 0) is 18.4 Å². The fraction of sp³-hybridized carbons (Fsp3) is 0.267. The topological polar surface area (TPSA) is 75.4 Å². The van der Waals surface area contributed by atoms with Gasteiger partial charge >= 0.3 is 5.97 Å². The summed E-state index contributed by atoms with van der Waals surface area (Å²) in [5.41, 5.74) is 1.37. The van der Waals surface area contributed by atoms with Crippen molar-refractivity contribution in [2.75, 3.05) is 6.54 Å². The molecule has 0 saturated heterocycles. The maximum absolute atomic E-state index is 12.5. The number of aryl methyl sites for hydroxylation is 1. The maximum Gasteiger partial charge on any atom is 0.305 e. The van der Waals surface area contributed by atoms with Crippen LogP contribution in [0.15, 0.2) is 41.1 Å². The van der Waals surface area contributed by atoms with Gasteiger partial charge in [-0.05, 0) is 17.7 Å². The zero-order valence-corrected chi connectivity index (χ0v) is 13.7. The molecule has 7 heteroatoms. The number of carbonyl (C=O) groups is 2. The quantitative estimate of drug-likeness (QED) is 0.851. The van der Waals surface area contributed by atoms with Crippen LogP contribution in [0, 0.1) is 0 Å². The van der Waals surface area contributed by atoms with Gasteiger partial charge < -0.3 is 10.0 Å². The van der Waals surface area contributed by atoms with Crippen molar-refractivity contribution in [2.24, 2.45) is 7.05 Å². The molecule has 0 fully saturated rings. The van der Waals surface area contributed by atoms with Crippen molar-refractivity contribution >= 4 is 27.8 Å². The number of nitrogens with zero attached hydrogens (tertiary/aromatic N) is 3. The Bertz CT molecular complexity index is 684. The van der Waals surface area contributed by atoms with E-state index in [9.17, 15) is 9.59 Å². The highest BCUT2D eigenvalue weighted by molar-refractivity contribution is 9.10. The summed E-state index contributed by atoms with van der Waals surface area (Å²) in [5.74, 6) is -1.16. The third-order valence-corrected chi connectivity index (χ3v) is 3.59. The van der Waals surface area contributed by atoms with E-state index in [4.69, 9.17) is 5.11 Å². The molecule has 0 atom stereocenters. The van der Waals surface area contributed by atoms with Crippen molar-refractivity contribution in [2.45, 2.75) is 13.0 Å². The largest absolute Gasteiger partial charge is 0.481 e. The summed E-state index contributed by atoms with van der Waals surface area (Å²) in [4.78, 5) is 24.9. The van der Waals surface area contributed by atoms with E-state index in [1.807, 2.05) is 24.3 Å². The molecule has 22 heavy (non-hydrogen) atoms. The summed E-state index contributed by atoms with van der Waals surface area (Å²) in [5, 5.41) is 12.8. The smallest absolute Gasteiger partial charge is 0.305 e. The number of carbonyl (C=O) groups excluding carboxylic acids is 1. The number of carboxylic acid groups (broad SMARTS) is 1. The SMILES string of the molecule is Cn1cc(C(=O)N(CCC(=O)O)Cc2cccc(Br)c2)cn1. The van der Waals surface area contributed by atoms with Gasteiger partial charge in [-0.2, -0.15) is 5.10 Å². The molecule has 1 N–H and O–H groups in total. The summed E-state index contributed by atoms with van der Waals surface area (Å²) in [6.45, 7) is 0.496. The third kappa shape index (κ3) is 4.42. The molecule has 0 bridgehead atoms. The lowest BCUT2D eigenvalue weighted by molar-refractivity contribution is -0.137. The zero-order chi connectivity index (χ0) is 16.1. The Kier molecular flexibility index (Phi) is 5.32. The van der Waals surface area contributed by atoms with Gasteiger partial charge in [0.15, 0.2) is 0 Å². The first kappa shape index (κ1) is 16.2. The molecule has 1 heterocycles. The second kappa shape index (κ2) is 7.22. The molecular weight excluding hydrogens is 350 g/mol. The number of carboxylic acids is 1. The Morgan fingerprint density at radius 2 is 2.18 bits per heavy atom. The average Bonchev–Trinajstić information content (AvgIpc) is 2.89. The van der Waals surface area contributed by atoms with E-state index in [2.05, 4.69) is 21.0 Å². The van der Waals surface area contributed by atoms with Gasteiger partial charge in [-0.25, -0.2) is 0 Å². The fourth-order valence-electron chi connectivity index (χ4n) is 2.05. The van der Waals surface area contributed by atoms with Crippen LogP contribution >= 0.6 is 15.9 Å². The van der Waals surface area contributed by atoms with Gasteiger partial charge in [-0.3, -0.25) is 14.3 Å². The van der Waals surface area contributed by atoms with Gasteiger partial charge in [0.05, 0.1) is 18.2 Å². The van der Waals surface area contributed by atoms with Crippen molar-refractivity contribution in [1.82, 2.24) is 14.7 Å². The normalized spacial score (nSPS) is 10.5. The molecular formula is C15H16BrN3O3. The van der Waals surface area contributed by atoms with Crippen LogP contribution in [0.5, 0.6) is 0 Å². The number of aromatic nitrogens is 2. The minimum atomic E-state index is -0.932. The molecule has 0 aliphatic heterocycles. The zero-order valence-electron chi connectivity index (χ0n) is 12.1. The first-order valence-electron chi connectivity index (χ1n) is 6.70. The predicted molar refractivity (Wildman–Crippen MR) is 84.3 cm³/mol. The van der Waals surface area contributed by atoms with E-state index in [1.165, 1.54) is 11.1 Å². The Balaban J connectivity index is 2.18. The molecule has 1 aromatic heterocycles. The van der Waals surface area contributed by atoms with Gasteiger partial charge in [0.25, 0.3) is 5.91 Å². The van der Waals surface area contributed by atoms with Crippen molar-refractivity contribution in [1.29, 1.82) is 0 Å². The number of aliphatic carboxylic acids is 1. The van der Waals surface area contributed by atoms with E-state index in [1.54, 1.807) is 17.9 Å².